The lowest BCUT2D eigenvalue weighted by Gasteiger charge is -2.31. The van der Waals surface area contributed by atoms with Gasteiger partial charge >= 0.3 is 5.69 Å². The van der Waals surface area contributed by atoms with Crippen molar-refractivity contribution in [3.63, 3.8) is 0 Å². The number of nitrogens with one attached hydrogen (secondary N) is 1. The maximum atomic E-state index is 12.7. The third-order valence-electron chi connectivity index (χ3n) is 5.41. The normalized spacial score (nSPS) is 16.9. The highest BCUT2D eigenvalue weighted by molar-refractivity contribution is 7.22. The first-order valence-corrected chi connectivity index (χ1v) is 10.4. The molecule has 1 saturated heterocycles. The largest absolute Gasteiger partial charge is 0.350 e. The van der Waals surface area contributed by atoms with E-state index in [0.717, 1.165) is 39.3 Å². The third-order valence-corrected chi connectivity index (χ3v) is 6.51. The number of aromatic nitrogens is 3. The lowest BCUT2D eigenvalue weighted by Crippen LogP contribution is -2.44. The quantitative estimate of drug-likeness (QED) is 0.695. The highest BCUT2D eigenvalue weighted by Crippen LogP contribution is 2.31. The van der Waals surface area contributed by atoms with Gasteiger partial charge in [-0.3, -0.25) is 18.7 Å². The Morgan fingerprint density at radius 3 is 2.83 bits per heavy atom. The topological polar surface area (TPSA) is 89.2 Å². The van der Waals surface area contributed by atoms with E-state index in [-0.39, 0.29) is 23.9 Å². The van der Waals surface area contributed by atoms with Gasteiger partial charge in [0.15, 0.2) is 5.13 Å². The van der Waals surface area contributed by atoms with Gasteiger partial charge in [-0.1, -0.05) is 23.5 Å². The number of carbonyl (C=O) groups excluding carboxylic acids is 1. The molecule has 152 valence electrons. The average Bonchev–Trinajstić information content (AvgIpc) is 3.18. The molecule has 0 radical (unpaired) electrons. The summed E-state index contributed by atoms with van der Waals surface area (Å²) in [6, 6.07) is 9.41. The van der Waals surface area contributed by atoms with E-state index >= 15 is 0 Å². The van der Waals surface area contributed by atoms with E-state index in [1.807, 2.05) is 18.2 Å². The van der Waals surface area contributed by atoms with E-state index in [9.17, 15) is 14.4 Å². The van der Waals surface area contributed by atoms with Gasteiger partial charge in [-0.2, -0.15) is 0 Å². The second-order valence-corrected chi connectivity index (χ2v) is 8.35. The van der Waals surface area contributed by atoms with Crippen molar-refractivity contribution >= 4 is 32.6 Å². The van der Waals surface area contributed by atoms with Crippen molar-refractivity contribution in [3.8, 4) is 0 Å². The van der Waals surface area contributed by atoms with Gasteiger partial charge in [-0.05, 0) is 25.0 Å². The molecular formula is C20H23N5O3S. The van der Waals surface area contributed by atoms with Crippen LogP contribution in [0.15, 0.2) is 39.9 Å². The van der Waals surface area contributed by atoms with Gasteiger partial charge in [-0.25, -0.2) is 9.78 Å². The Labute approximate surface area is 171 Å². The van der Waals surface area contributed by atoms with Gasteiger partial charge in [-0.15, -0.1) is 0 Å². The van der Waals surface area contributed by atoms with Crippen molar-refractivity contribution in [2.24, 2.45) is 20.0 Å². The molecule has 4 rings (SSSR count). The number of benzene rings is 1. The lowest BCUT2D eigenvalue weighted by atomic mass is 9.97. The van der Waals surface area contributed by atoms with Crippen LogP contribution in [0.1, 0.15) is 18.5 Å². The highest BCUT2D eigenvalue weighted by Gasteiger charge is 2.27. The molecule has 1 aromatic carbocycles. The number of nitrogens with zero attached hydrogens (tertiary/aromatic N) is 4. The number of hydrogen-bond acceptors (Lipinski definition) is 6. The smallest absolute Gasteiger partial charge is 0.330 e. The van der Waals surface area contributed by atoms with Crippen LogP contribution >= 0.6 is 11.3 Å². The maximum Gasteiger partial charge on any atom is 0.330 e. The molecule has 1 aliphatic rings. The predicted octanol–water partition coefficient (Wildman–Crippen LogP) is 1.23. The number of rotatable bonds is 4. The van der Waals surface area contributed by atoms with Crippen molar-refractivity contribution in [1.82, 2.24) is 19.4 Å². The Morgan fingerprint density at radius 2 is 2.03 bits per heavy atom. The number of carbonyl (C=O) groups is 1. The van der Waals surface area contributed by atoms with Crippen molar-refractivity contribution in [1.29, 1.82) is 0 Å². The summed E-state index contributed by atoms with van der Waals surface area (Å²) in [7, 11) is 3.03. The standard InChI is InChI=1S/C20H23N5O3S/c1-23-14(10-17(26)24(2)20(23)28)11-21-18(27)13-6-5-9-25(12-13)19-22-15-7-3-4-8-16(15)29-19/h3-4,7-8,10,13H,5-6,9,11-12H2,1-2H3,(H,21,27). The minimum Gasteiger partial charge on any atom is -0.350 e. The Hall–Kier alpha value is -2.94. The minimum atomic E-state index is -0.401. The Bertz CT molecular complexity index is 1150. The minimum absolute atomic E-state index is 0.0658. The molecule has 0 spiro atoms. The monoisotopic (exact) mass is 413 g/mol. The third kappa shape index (κ3) is 3.82. The molecule has 0 aliphatic carbocycles. The molecule has 1 unspecified atom stereocenters. The fourth-order valence-electron chi connectivity index (χ4n) is 3.63. The van der Waals surface area contributed by atoms with Gasteiger partial charge < -0.3 is 10.2 Å². The fraction of sp³-hybridized carbons (Fsp3) is 0.400. The van der Waals surface area contributed by atoms with Crippen LogP contribution in [0.25, 0.3) is 10.2 Å². The molecule has 9 heteroatoms. The Kier molecular flexibility index (Phi) is 5.23. The Morgan fingerprint density at radius 1 is 1.24 bits per heavy atom. The summed E-state index contributed by atoms with van der Waals surface area (Å²) in [5, 5.41) is 3.83. The molecule has 1 N–H and O–H groups in total. The first-order chi connectivity index (χ1) is 13.9. The van der Waals surface area contributed by atoms with Crippen LogP contribution in [-0.4, -0.2) is 33.1 Å². The highest BCUT2D eigenvalue weighted by atomic mass is 32.1. The van der Waals surface area contributed by atoms with Gasteiger partial charge in [0.2, 0.25) is 5.91 Å². The van der Waals surface area contributed by atoms with Gasteiger partial charge in [0.25, 0.3) is 5.56 Å². The van der Waals surface area contributed by atoms with E-state index in [0.29, 0.717) is 12.2 Å². The second-order valence-electron chi connectivity index (χ2n) is 7.34. The van der Waals surface area contributed by atoms with Crippen LogP contribution in [0, 0.1) is 5.92 Å². The van der Waals surface area contributed by atoms with E-state index in [1.165, 1.54) is 17.7 Å². The summed E-state index contributed by atoms with van der Waals surface area (Å²) in [4.78, 5) is 43.5. The van der Waals surface area contributed by atoms with Crippen molar-refractivity contribution in [2.75, 3.05) is 18.0 Å². The van der Waals surface area contributed by atoms with Gasteiger partial charge in [0.1, 0.15) is 0 Å². The molecule has 1 fully saturated rings. The number of para-hydroxylation sites is 1. The molecule has 0 saturated carbocycles. The van der Waals surface area contributed by atoms with Crippen LogP contribution < -0.4 is 21.5 Å². The number of amides is 1. The number of fused-ring (bicyclic) bond motifs is 1. The summed E-state index contributed by atoms with van der Waals surface area (Å²) < 4.78 is 3.57. The zero-order chi connectivity index (χ0) is 20.5. The van der Waals surface area contributed by atoms with Crippen molar-refractivity contribution in [3.05, 3.63) is 56.9 Å². The summed E-state index contributed by atoms with van der Waals surface area (Å²) >= 11 is 1.64. The van der Waals surface area contributed by atoms with E-state index in [4.69, 9.17) is 4.98 Å². The molecule has 2 aromatic heterocycles. The Balaban J connectivity index is 1.44. The molecule has 0 bridgehead atoms. The first kappa shape index (κ1) is 19.4. The number of thiazole rings is 1. The van der Waals surface area contributed by atoms with Crippen LogP contribution in [0.4, 0.5) is 5.13 Å². The van der Waals surface area contributed by atoms with Gasteiger partial charge in [0, 0.05) is 38.9 Å². The number of piperidine rings is 1. The van der Waals surface area contributed by atoms with Crippen LogP contribution in [0.3, 0.4) is 0 Å². The molecule has 1 aliphatic heterocycles. The molecule has 1 atom stereocenters. The van der Waals surface area contributed by atoms with E-state index in [1.54, 1.807) is 18.4 Å². The van der Waals surface area contributed by atoms with Crippen LogP contribution in [0.2, 0.25) is 0 Å². The maximum absolute atomic E-state index is 12.7. The summed E-state index contributed by atoms with van der Waals surface area (Å²) in [6.07, 6.45) is 1.72. The number of anilines is 1. The summed E-state index contributed by atoms with van der Waals surface area (Å²) in [5.41, 5.74) is 0.689. The lowest BCUT2D eigenvalue weighted by molar-refractivity contribution is -0.125. The fourth-order valence-corrected chi connectivity index (χ4v) is 4.63. The summed E-state index contributed by atoms with van der Waals surface area (Å²) in [5.74, 6) is -0.219. The zero-order valence-electron chi connectivity index (χ0n) is 16.4. The average molecular weight is 414 g/mol. The van der Waals surface area contributed by atoms with E-state index in [2.05, 4.69) is 16.3 Å². The van der Waals surface area contributed by atoms with Crippen molar-refractivity contribution in [2.45, 2.75) is 19.4 Å². The van der Waals surface area contributed by atoms with Crippen LogP contribution in [-0.2, 0) is 25.4 Å². The van der Waals surface area contributed by atoms with Gasteiger partial charge in [0.05, 0.1) is 22.7 Å². The van der Waals surface area contributed by atoms with Crippen LogP contribution in [0.5, 0.6) is 0 Å². The molecule has 3 heterocycles. The van der Waals surface area contributed by atoms with E-state index < -0.39 is 5.69 Å². The molecular weight excluding hydrogens is 390 g/mol. The SMILES string of the molecule is Cn1c(CNC(=O)C2CCCN(c3nc4ccccc4s3)C2)cc(=O)n(C)c1=O. The molecule has 1 amide bonds. The number of hydrogen-bond donors (Lipinski definition) is 1. The molecule has 3 aromatic rings. The first-order valence-electron chi connectivity index (χ1n) is 9.58. The second kappa shape index (κ2) is 7.82. The van der Waals surface area contributed by atoms with Crippen molar-refractivity contribution < 1.29 is 4.79 Å². The molecule has 8 nitrogen and oxygen atoms in total. The predicted molar refractivity (Wildman–Crippen MR) is 113 cm³/mol. The molecule has 29 heavy (non-hydrogen) atoms. The zero-order valence-corrected chi connectivity index (χ0v) is 17.2. The summed E-state index contributed by atoms with van der Waals surface area (Å²) in [6.45, 7) is 1.65.